The van der Waals surface area contributed by atoms with Gasteiger partial charge in [-0.05, 0) is 76.5 Å². The number of H-pyrrole nitrogens is 1. The Morgan fingerprint density at radius 1 is 0.949 bits per heavy atom. The molecule has 0 unspecified atom stereocenters. The second kappa shape index (κ2) is 12.1. The lowest BCUT2D eigenvalue weighted by Gasteiger charge is -2.31. The molecule has 0 bridgehead atoms. The van der Waals surface area contributed by atoms with Crippen LogP contribution < -0.4 is 5.56 Å². The minimum absolute atomic E-state index is 0.144. The van der Waals surface area contributed by atoms with Crippen LogP contribution in [0.2, 0.25) is 0 Å². The van der Waals surface area contributed by atoms with Gasteiger partial charge in [0.05, 0.1) is 13.2 Å². The topological polar surface area (TPSA) is 88.9 Å². The SMILES string of the molecule is COCCn1nnnc1[C@@H](c1cc2cc(C)c(C)cc2[nH]c1=O)N(CCc1ccccc1)Cc1ccccc1. The molecular formula is C31H34N6O2. The average molecular weight is 523 g/mol. The smallest absolute Gasteiger partial charge is 0.253 e. The molecule has 2 heterocycles. The third kappa shape index (κ3) is 6.13. The summed E-state index contributed by atoms with van der Waals surface area (Å²) in [7, 11) is 1.65. The van der Waals surface area contributed by atoms with E-state index in [4.69, 9.17) is 4.74 Å². The van der Waals surface area contributed by atoms with Crippen molar-refractivity contribution >= 4 is 10.9 Å². The fourth-order valence-electron chi connectivity index (χ4n) is 4.98. The maximum Gasteiger partial charge on any atom is 0.253 e. The Hall–Kier alpha value is -4.14. The third-order valence-corrected chi connectivity index (χ3v) is 7.22. The first-order valence-electron chi connectivity index (χ1n) is 13.2. The second-order valence-electron chi connectivity index (χ2n) is 9.92. The molecule has 0 spiro atoms. The van der Waals surface area contributed by atoms with E-state index < -0.39 is 6.04 Å². The van der Waals surface area contributed by atoms with Gasteiger partial charge in [0.25, 0.3) is 5.56 Å². The van der Waals surface area contributed by atoms with Gasteiger partial charge in [-0.25, -0.2) is 4.68 Å². The van der Waals surface area contributed by atoms with Crippen LogP contribution in [0.25, 0.3) is 10.9 Å². The molecule has 0 radical (unpaired) electrons. The van der Waals surface area contributed by atoms with E-state index in [0.29, 0.717) is 37.6 Å². The van der Waals surface area contributed by atoms with Gasteiger partial charge in [0, 0.05) is 31.3 Å². The van der Waals surface area contributed by atoms with Crippen LogP contribution in [0, 0.1) is 13.8 Å². The molecule has 0 aliphatic rings. The van der Waals surface area contributed by atoms with Crippen LogP contribution in [0.1, 0.15) is 39.7 Å². The van der Waals surface area contributed by atoms with Gasteiger partial charge >= 0.3 is 0 Å². The summed E-state index contributed by atoms with van der Waals surface area (Å²) in [6, 6.07) is 26.4. The minimum Gasteiger partial charge on any atom is -0.383 e. The number of rotatable bonds is 11. The highest BCUT2D eigenvalue weighted by molar-refractivity contribution is 5.81. The molecule has 0 fully saturated rings. The number of ether oxygens (including phenoxy) is 1. The van der Waals surface area contributed by atoms with E-state index in [1.807, 2.05) is 36.4 Å². The summed E-state index contributed by atoms with van der Waals surface area (Å²) in [4.78, 5) is 19.2. The molecule has 1 atom stereocenters. The van der Waals surface area contributed by atoms with Crippen molar-refractivity contribution in [2.45, 2.75) is 39.4 Å². The van der Waals surface area contributed by atoms with Gasteiger partial charge in [0.15, 0.2) is 5.82 Å². The first kappa shape index (κ1) is 26.5. The van der Waals surface area contributed by atoms with E-state index in [2.05, 4.69) is 81.7 Å². The molecule has 0 aliphatic carbocycles. The van der Waals surface area contributed by atoms with Crippen molar-refractivity contribution in [3.05, 3.63) is 123 Å². The highest BCUT2D eigenvalue weighted by Crippen LogP contribution is 2.29. The summed E-state index contributed by atoms with van der Waals surface area (Å²) in [6.07, 6.45) is 0.813. The Morgan fingerprint density at radius 3 is 2.36 bits per heavy atom. The molecule has 0 saturated carbocycles. The normalized spacial score (nSPS) is 12.3. The van der Waals surface area contributed by atoms with Crippen LogP contribution in [-0.4, -0.2) is 50.4 Å². The summed E-state index contributed by atoms with van der Waals surface area (Å²) in [6.45, 7) is 6.41. The minimum atomic E-state index is -0.476. The maximum atomic E-state index is 13.7. The first-order chi connectivity index (χ1) is 19.0. The fourth-order valence-corrected chi connectivity index (χ4v) is 4.98. The van der Waals surface area contributed by atoms with Crippen molar-refractivity contribution in [1.29, 1.82) is 0 Å². The summed E-state index contributed by atoms with van der Waals surface area (Å²) < 4.78 is 7.07. The molecule has 39 heavy (non-hydrogen) atoms. The predicted molar refractivity (Wildman–Crippen MR) is 153 cm³/mol. The van der Waals surface area contributed by atoms with Crippen LogP contribution >= 0.6 is 0 Å². The number of aromatic amines is 1. The number of benzene rings is 3. The number of pyridine rings is 1. The zero-order valence-corrected chi connectivity index (χ0v) is 22.7. The maximum absolute atomic E-state index is 13.7. The lowest BCUT2D eigenvalue weighted by atomic mass is 9.99. The fraction of sp³-hybridized carbons (Fsp3) is 0.290. The quantitative estimate of drug-likeness (QED) is 0.273. The van der Waals surface area contributed by atoms with Gasteiger partial charge in [0.1, 0.15) is 6.04 Å². The molecule has 5 rings (SSSR count). The van der Waals surface area contributed by atoms with Crippen LogP contribution in [0.3, 0.4) is 0 Å². The number of aryl methyl sites for hydroxylation is 2. The Balaban J connectivity index is 1.65. The van der Waals surface area contributed by atoms with Crippen LogP contribution in [0.15, 0.2) is 83.7 Å². The number of fused-ring (bicyclic) bond motifs is 1. The van der Waals surface area contributed by atoms with Gasteiger partial charge in [-0.2, -0.15) is 0 Å². The summed E-state index contributed by atoms with van der Waals surface area (Å²) in [5, 5.41) is 13.7. The summed E-state index contributed by atoms with van der Waals surface area (Å²) >= 11 is 0. The number of aromatic nitrogens is 5. The Morgan fingerprint density at radius 2 is 1.64 bits per heavy atom. The Labute approximate surface area is 228 Å². The van der Waals surface area contributed by atoms with E-state index >= 15 is 0 Å². The molecule has 2 aromatic heterocycles. The van der Waals surface area contributed by atoms with E-state index in [-0.39, 0.29) is 5.56 Å². The van der Waals surface area contributed by atoms with Crippen LogP contribution in [0.4, 0.5) is 0 Å². The lowest BCUT2D eigenvalue weighted by molar-refractivity contribution is 0.172. The molecule has 3 aromatic carbocycles. The highest BCUT2D eigenvalue weighted by Gasteiger charge is 2.30. The number of methoxy groups -OCH3 is 1. The zero-order valence-electron chi connectivity index (χ0n) is 22.7. The molecule has 0 saturated heterocycles. The molecular weight excluding hydrogens is 488 g/mol. The molecule has 8 nitrogen and oxygen atoms in total. The standard InChI is InChI=1S/C31H34N6O2/c1-22-18-26-20-27(31(38)32-28(26)19-23(22)2)29(30-33-34-35-37(30)16-17-39-3)36(21-25-12-8-5-9-13-25)15-14-24-10-6-4-7-11-24/h4-13,18-20,29H,14-17,21H2,1-3H3,(H,32,38)/t29-/m1/s1. The summed E-state index contributed by atoms with van der Waals surface area (Å²) in [5.41, 5.74) is 5.98. The molecule has 0 amide bonds. The van der Waals surface area contributed by atoms with Gasteiger partial charge in [-0.15, -0.1) is 5.10 Å². The molecule has 1 N–H and O–H groups in total. The van der Waals surface area contributed by atoms with Crippen molar-refractivity contribution < 1.29 is 4.74 Å². The van der Waals surface area contributed by atoms with E-state index in [0.717, 1.165) is 28.5 Å². The zero-order chi connectivity index (χ0) is 27.2. The van der Waals surface area contributed by atoms with Crippen LogP contribution in [0.5, 0.6) is 0 Å². The summed E-state index contributed by atoms with van der Waals surface area (Å²) in [5.74, 6) is 0.615. The average Bonchev–Trinajstić information content (AvgIpc) is 3.41. The molecule has 200 valence electrons. The van der Waals surface area contributed by atoms with E-state index in [1.165, 1.54) is 11.1 Å². The monoisotopic (exact) mass is 522 g/mol. The first-order valence-corrected chi connectivity index (χ1v) is 13.2. The Kier molecular flexibility index (Phi) is 8.24. The van der Waals surface area contributed by atoms with Crippen molar-refractivity contribution in [2.24, 2.45) is 0 Å². The number of nitrogens with zero attached hydrogens (tertiary/aromatic N) is 5. The van der Waals surface area contributed by atoms with E-state index in [9.17, 15) is 4.79 Å². The van der Waals surface area contributed by atoms with Gasteiger partial charge in [-0.3, -0.25) is 9.69 Å². The lowest BCUT2D eigenvalue weighted by Crippen LogP contribution is -2.36. The van der Waals surface area contributed by atoms with Crippen molar-refractivity contribution in [3.63, 3.8) is 0 Å². The van der Waals surface area contributed by atoms with Gasteiger partial charge in [-0.1, -0.05) is 60.7 Å². The molecule has 8 heteroatoms. The largest absolute Gasteiger partial charge is 0.383 e. The van der Waals surface area contributed by atoms with Crippen molar-refractivity contribution in [1.82, 2.24) is 30.1 Å². The van der Waals surface area contributed by atoms with Crippen LogP contribution in [-0.2, 0) is 24.2 Å². The third-order valence-electron chi connectivity index (χ3n) is 7.22. The highest BCUT2D eigenvalue weighted by atomic mass is 16.5. The number of nitrogens with one attached hydrogen (secondary N) is 1. The molecule has 5 aromatic rings. The van der Waals surface area contributed by atoms with Gasteiger partial charge in [0.2, 0.25) is 0 Å². The van der Waals surface area contributed by atoms with Gasteiger partial charge < -0.3 is 9.72 Å². The van der Waals surface area contributed by atoms with Crippen molar-refractivity contribution in [3.8, 4) is 0 Å². The number of hydrogen-bond acceptors (Lipinski definition) is 6. The Bertz CT molecular complexity index is 1580. The number of tetrazole rings is 1. The second-order valence-corrected chi connectivity index (χ2v) is 9.92. The predicted octanol–water partition coefficient (Wildman–Crippen LogP) is 4.61. The van der Waals surface area contributed by atoms with E-state index in [1.54, 1.807) is 11.8 Å². The number of hydrogen-bond donors (Lipinski definition) is 1. The van der Waals surface area contributed by atoms with Crippen molar-refractivity contribution in [2.75, 3.05) is 20.3 Å². The molecule has 0 aliphatic heterocycles.